The number of ether oxygens (including phenoxy) is 3. The summed E-state index contributed by atoms with van der Waals surface area (Å²) in [6.45, 7) is 4.05. The van der Waals surface area contributed by atoms with Crippen molar-refractivity contribution < 1.29 is 42.6 Å². The van der Waals surface area contributed by atoms with Gasteiger partial charge in [-0.25, -0.2) is 9.37 Å². The van der Waals surface area contributed by atoms with Crippen molar-refractivity contribution in [3.8, 4) is 5.75 Å². The van der Waals surface area contributed by atoms with E-state index in [4.69, 9.17) is 14.2 Å². The first kappa shape index (κ1) is 39.4. The zero-order valence-electron chi connectivity index (χ0n) is 30.9. The Morgan fingerprint density at radius 3 is 2.61 bits per heavy atom. The minimum absolute atomic E-state index is 0.00442. The maximum atomic E-state index is 15.0. The predicted octanol–water partition coefficient (Wildman–Crippen LogP) is 3.40. The molecule has 0 bridgehead atoms. The van der Waals surface area contributed by atoms with Crippen molar-refractivity contribution in [3.63, 3.8) is 0 Å². The Labute approximate surface area is 326 Å². The highest BCUT2D eigenvalue weighted by Crippen LogP contribution is 2.33. The summed E-state index contributed by atoms with van der Waals surface area (Å²) in [6.07, 6.45) is 4.33. The molecule has 0 aliphatic carbocycles. The number of aromatic nitrogens is 2. The third-order valence-corrected chi connectivity index (χ3v) is 12.0. The summed E-state index contributed by atoms with van der Waals surface area (Å²) in [6, 6.07) is 6.71. The Morgan fingerprint density at radius 2 is 1.82 bits per heavy atom. The number of halogens is 1. The summed E-state index contributed by atoms with van der Waals surface area (Å²) in [5, 5.41) is 5.73. The van der Waals surface area contributed by atoms with Crippen molar-refractivity contribution in [1.82, 2.24) is 25.1 Å². The van der Waals surface area contributed by atoms with Crippen LogP contribution in [0.5, 0.6) is 5.75 Å². The molecule has 2 aromatic carbocycles. The maximum Gasteiger partial charge on any atom is 0.264 e. The van der Waals surface area contributed by atoms with E-state index in [2.05, 4.69) is 20.6 Å². The number of fused-ring (bicyclic) bond motifs is 2. The van der Waals surface area contributed by atoms with Gasteiger partial charge in [-0.2, -0.15) is 11.8 Å². The van der Waals surface area contributed by atoms with Crippen molar-refractivity contribution in [2.24, 2.45) is 5.92 Å². The number of H-pyrrole nitrogens is 1. The number of thioether (sulfide) groups is 1. The second-order valence-electron chi connectivity index (χ2n) is 14.4. The van der Waals surface area contributed by atoms with Crippen LogP contribution in [0.25, 0.3) is 10.9 Å². The van der Waals surface area contributed by atoms with Crippen molar-refractivity contribution in [3.05, 3.63) is 63.5 Å². The number of piperidine rings is 2. The largest absolute Gasteiger partial charge is 0.493 e. The third kappa shape index (κ3) is 9.05. The molecule has 5 amide bonds. The number of rotatable bonds is 15. The van der Waals surface area contributed by atoms with Gasteiger partial charge in [0, 0.05) is 68.9 Å². The van der Waals surface area contributed by atoms with Crippen LogP contribution in [-0.4, -0.2) is 113 Å². The minimum Gasteiger partial charge on any atom is -0.493 e. The van der Waals surface area contributed by atoms with Gasteiger partial charge < -0.3 is 29.4 Å². The number of benzene rings is 2. The molecule has 4 aliphatic rings. The minimum atomic E-state index is -1.03. The molecule has 0 spiro atoms. The Kier molecular flexibility index (Phi) is 12.6. The predicted molar refractivity (Wildman–Crippen MR) is 204 cm³/mol. The number of nitrogens with zero attached hydrogens (tertiary/aromatic N) is 3. The highest BCUT2D eigenvalue weighted by atomic mass is 32.2. The van der Waals surface area contributed by atoms with Crippen LogP contribution in [0.1, 0.15) is 77.9 Å². The van der Waals surface area contributed by atoms with Gasteiger partial charge in [-0.15, -0.1) is 0 Å². The zero-order chi connectivity index (χ0) is 39.2. The molecule has 17 heteroatoms. The number of aromatic amines is 1. The number of carbonyl (C=O) groups is 5. The topological polar surface area (TPSA) is 189 Å². The Morgan fingerprint density at radius 1 is 1.02 bits per heavy atom. The summed E-state index contributed by atoms with van der Waals surface area (Å²) < 4.78 is 32.1. The van der Waals surface area contributed by atoms with Gasteiger partial charge in [0.25, 0.3) is 17.4 Å². The van der Waals surface area contributed by atoms with E-state index < -0.39 is 41.0 Å². The van der Waals surface area contributed by atoms with Crippen LogP contribution in [0.4, 0.5) is 10.1 Å². The second kappa shape index (κ2) is 17.9. The lowest BCUT2D eigenvalue weighted by molar-refractivity contribution is -0.136. The molecule has 3 aromatic rings. The molecular formula is C39H45FN6O9S. The van der Waals surface area contributed by atoms with Gasteiger partial charge in [0.1, 0.15) is 28.8 Å². The normalized spacial score (nSPS) is 19.4. The monoisotopic (exact) mass is 792 g/mol. The molecule has 1 unspecified atom stereocenters. The lowest BCUT2D eigenvalue weighted by Crippen LogP contribution is -2.54. The van der Waals surface area contributed by atoms with Gasteiger partial charge in [-0.3, -0.25) is 39.0 Å². The van der Waals surface area contributed by atoms with E-state index in [1.165, 1.54) is 6.07 Å². The zero-order valence-corrected chi connectivity index (χ0v) is 31.8. The molecule has 4 aliphatic heterocycles. The van der Waals surface area contributed by atoms with Gasteiger partial charge in [-0.1, -0.05) is 6.07 Å². The molecule has 3 saturated heterocycles. The summed E-state index contributed by atoms with van der Waals surface area (Å²) in [7, 11) is 0. The molecule has 3 fully saturated rings. The fraction of sp³-hybridized carbons (Fsp3) is 0.513. The second-order valence-corrected chi connectivity index (χ2v) is 15.7. The number of anilines is 1. The summed E-state index contributed by atoms with van der Waals surface area (Å²) >= 11 is 1.71. The van der Waals surface area contributed by atoms with Crippen LogP contribution >= 0.6 is 11.8 Å². The van der Waals surface area contributed by atoms with E-state index in [-0.39, 0.29) is 59.7 Å². The van der Waals surface area contributed by atoms with Crippen molar-refractivity contribution in [2.45, 2.75) is 68.4 Å². The van der Waals surface area contributed by atoms with Crippen LogP contribution in [-0.2, 0) is 29.6 Å². The molecule has 15 nitrogen and oxygen atoms in total. The van der Waals surface area contributed by atoms with Crippen molar-refractivity contribution in [2.75, 3.05) is 58.0 Å². The van der Waals surface area contributed by atoms with Crippen molar-refractivity contribution >= 4 is 57.9 Å². The van der Waals surface area contributed by atoms with E-state index >= 15 is 0 Å². The molecule has 7 rings (SSSR count). The van der Waals surface area contributed by atoms with E-state index in [0.29, 0.717) is 67.5 Å². The number of nitrogens with one attached hydrogen (secondary N) is 3. The summed E-state index contributed by atoms with van der Waals surface area (Å²) in [4.78, 5) is 85.8. The number of carbonyl (C=O) groups excluding carboxylic acids is 5. The van der Waals surface area contributed by atoms with E-state index in [1.54, 1.807) is 36.0 Å². The maximum absolute atomic E-state index is 15.0. The first-order chi connectivity index (χ1) is 27.2. The van der Waals surface area contributed by atoms with Crippen LogP contribution < -0.4 is 20.9 Å². The molecule has 56 heavy (non-hydrogen) atoms. The lowest BCUT2D eigenvalue weighted by atomic mass is 9.97. The van der Waals surface area contributed by atoms with Crippen LogP contribution in [0.3, 0.4) is 0 Å². The van der Waals surface area contributed by atoms with Gasteiger partial charge in [-0.05, 0) is 56.6 Å². The SMILES string of the molecule is O=C1CCC(N2C(=O)c3cccc(NCCCOCCC(=O)N4CCC(COc5cc(F)c6c(=O)[nH]c(CSC7CCOCC7)nc6c5)CC4)c3C2=O)C(=O)N1. The van der Waals surface area contributed by atoms with Crippen LogP contribution in [0.15, 0.2) is 35.1 Å². The average molecular weight is 793 g/mol. The average Bonchev–Trinajstić information content (AvgIpc) is 3.45. The number of likely N-dealkylation sites (tertiary alicyclic amines) is 1. The Hall–Kier alpha value is -4.87. The van der Waals surface area contributed by atoms with E-state index in [9.17, 15) is 33.2 Å². The quantitative estimate of drug-likeness (QED) is 0.151. The summed E-state index contributed by atoms with van der Waals surface area (Å²) in [5.74, 6) is -1.38. The number of hydrogen-bond donors (Lipinski definition) is 3. The Balaban J connectivity index is 0.797. The van der Waals surface area contributed by atoms with Crippen molar-refractivity contribution in [1.29, 1.82) is 0 Å². The molecule has 0 radical (unpaired) electrons. The highest BCUT2D eigenvalue weighted by Gasteiger charge is 2.45. The molecule has 0 saturated carbocycles. The smallest absolute Gasteiger partial charge is 0.264 e. The van der Waals surface area contributed by atoms with Gasteiger partial charge >= 0.3 is 0 Å². The van der Waals surface area contributed by atoms with Gasteiger partial charge in [0.15, 0.2) is 0 Å². The molecule has 3 N–H and O–H groups in total. The molecule has 5 heterocycles. The Bertz CT molecular complexity index is 2050. The highest BCUT2D eigenvalue weighted by molar-refractivity contribution is 7.99. The fourth-order valence-electron chi connectivity index (χ4n) is 7.48. The van der Waals surface area contributed by atoms with Crippen LogP contribution in [0, 0.1) is 11.7 Å². The standard InChI is InChI=1S/C39H45FN6O9S/c40-27-19-24(20-29-35(27)37(50)43-31(42-29)22-56-25-9-16-54-17-10-25)55-21-23-7-13-45(14-8-23)33(48)11-18-53-15-2-12-41-28-4-1-3-26-34(28)39(52)46(38(26)51)30-5-6-32(47)44-36(30)49/h1,3-4,19-20,23,25,30,41H,2,5-18,21-22H2,(H,42,43,50)(H,44,47,49). The van der Waals surface area contributed by atoms with Gasteiger partial charge in [0.2, 0.25) is 17.7 Å². The third-order valence-electron chi connectivity index (χ3n) is 10.6. The van der Waals surface area contributed by atoms with E-state index in [0.717, 1.165) is 43.8 Å². The summed E-state index contributed by atoms with van der Waals surface area (Å²) in [5.41, 5.74) is 0.638. The molecule has 1 aromatic heterocycles. The molecular weight excluding hydrogens is 748 g/mol. The van der Waals surface area contributed by atoms with Crippen LogP contribution in [0.2, 0.25) is 0 Å². The molecule has 1 atom stereocenters. The fourth-order valence-corrected chi connectivity index (χ4v) is 8.54. The number of amides is 5. The first-order valence-electron chi connectivity index (χ1n) is 19.1. The lowest BCUT2D eigenvalue weighted by Gasteiger charge is -2.32. The van der Waals surface area contributed by atoms with Gasteiger partial charge in [0.05, 0.1) is 42.0 Å². The molecule has 298 valence electrons. The van der Waals surface area contributed by atoms with E-state index in [1.807, 2.05) is 4.90 Å². The first-order valence-corrected chi connectivity index (χ1v) is 20.2. The number of imide groups is 2. The number of hydrogen-bond acceptors (Lipinski definition) is 12.